The van der Waals surface area contributed by atoms with Crippen LogP contribution in [0.4, 0.5) is 0 Å². The molecule has 0 unspecified atom stereocenters. The summed E-state index contributed by atoms with van der Waals surface area (Å²) < 4.78 is 10.6. The minimum atomic E-state index is -1.35. The Hall–Kier alpha value is -4.41. The van der Waals surface area contributed by atoms with E-state index in [9.17, 15) is 34.2 Å². The quantitative estimate of drug-likeness (QED) is 0.167. The lowest BCUT2D eigenvalue weighted by Gasteiger charge is -2.07. The molecule has 0 amide bonds. The number of hydrogen-bond acceptors (Lipinski definition) is 7. The Labute approximate surface area is 187 Å². The molecule has 11 nitrogen and oxygen atoms in total. The van der Waals surface area contributed by atoms with Crippen LogP contribution in [-0.2, 0) is 19.1 Å². The van der Waals surface area contributed by atoms with Gasteiger partial charge in [0.25, 0.3) is 5.56 Å². The van der Waals surface area contributed by atoms with Gasteiger partial charge in [0, 0.05) is 5.69 Å². The van der Waals surface area contributed by atoms with Crippen molar-refractivity contribution in [2.75, 3.05) is 13.2 Å². The number of carbonyl (C=O) groups is 4. The van der Waals surface area contributed by atoms with Crippen molar-refractivity contribution in [2.45, 2.75) is 20.8 Å². The maximum Gasteiger partial charge on any atom is 0.345 e. The van der Waals surface area contributed by atoms with Crippen LogP contribution in [0.3, 0.4) is 0 Å². The summed E-state index contributed by atoms with van der Waals surface area (Å²) in [5.41, 5.74) is -1.27. The second-order valence-corrected chi connectivity index (χ2v) is 6.51. The number of carboxylic acid groups (broad SMARTS) is 2. The van der Waals surface area contributed by atoms with E-state index < -0.39 is 29.4 Å². The second kappa shape index (κ2) is 10.8. The van der Waals surface area contributed by atoms with Gasteiger partial charge in [-0.2, -0.15) is 0 Å². The van der Waals surface area contributed by atoms with E-state index in [-0.39, 0.29) is 41.2 Å². The number of H-pyrrole nitrogens is 1. The highest BCUT2D eigenvalue weighted by Gasteiger charge is 2.21. The third-order valence-corrected chi connectivity index (χ3v) is 4.35. The molecule has 174 valence electrons. The van der Waals surface area contributed by atoms with Gasteiger partial charge < -0.3 is 19.7 Å². The van der Waals surface area contributed by atoms with Crippen LogP contribution in [0.5, 0.6) is 0 Å². The van der Waals surface area contributed by atoms with E-state index in [2.05, 4.69) is 5.10 Å². The van der Waals surface area contributed by atoms with Gasteiger partial charge in [-0.05, 0) is 51.1 Å². The number of benzene rings is 1. The predicted molar refractivity (Wildman–Crippen MR) is 115 cm³/mol. The van der Waals surface area contributed by atoms with E-state index in [1.807, 2.05) is 0 Å². The highest BCUT2D eigenvalue weighted by atomic mass is 16.6. The van der Waals surface area contributed by atoms with E-state index in [1.165, 1.54) is 12.2 Å². The molecule has 1 aromatic heterocycles. The lowest BCUT2D eigenvalue weighted by Crippen LogP contribution is -2.19. The molecule has 0 bridgehead atoms. The van der Waals surface area contributed by atoms with Crippen LogP contribution in [0.1, 0.15) is 45.8 Å². The van der Waals surface area contributed by atoms with E-state index in [0.29, 0.717) is 5.69 Å². The van der Waals surface area contributed by atoms with Crippen LogP contribution in [0.25, 0.3) is 11.8 Å². The van der Waals surface area contributed by atoms with Crippen molar-refractivity contribution in [3.63, 3.8) is 0 Å². The Balaban J connectivity index is 2.54. The number of aromatic amines is 1. The summed E-state index contributed by atoms with van der Waals surface area (Å²) in [6, 6.07) is 3.27. The van der Waals surface area contributed by atoms with E-state index in [4.69, 9.17) is 9.47 Å². The average molecular weight is 458 g/mol. The number of esters is 2. The number of allylic oxidation sites excluding steroid dienone is 2. The average Bonchev–Trinajstić information content (AvgIpc) is 3.04. The number of nitrogens with zero attached hydrogens (tertiary/aromatic N) is 1. The first-order chi connectivity index (χ1) is 15.6. The maximum atomic E-state index is 12.9. The number of ether oxygens (including phenoxy) is 2. The molecule has 2 aromatic rings. The van der Waals surface area contributed by atoms with Gasteiger partial charge in [0.05, 0.1) is 35.6 Å². The fraction of sp³-hybridized carbons (Fsp3) is 0.227. The molecule has 2 rings (SSSR count). The summed E-state index contributed by atoms with van der Waals surface area (Å²) in [5.74, 6) is -4.42. The summed E-state index contributed by atoms with van der Waals surface area (Å²) in [6.07, 6.45) is 3.72. The van der Waals surface area contributed by atoms with Gasteiger partial charge in [0.1, 0.15) is 5.57 Å². The molecule has 11 heteroatoms. The van der Waals surface area contributed by atoms with E-state index >= 15 is 0 Å². The molecule has 0 fully saturated rings. The molecule has 0 aliphatic rings. The Kier molecular flexibility index (Phi) is 8.10. The molecule has 0 saturated heterocycles. The fourth-order valence-corrected chi connectivity index (χ4v) is 2.83. The predicted octanol–water partition coefficient (Wildman–Crippen LogP) is 1.94. The zero-order valence-electron chi connectivity index (χ0n) is 18.1. The van der Waals surface area contributed by atoms with Crippen molar-refractivity contribution in [1.29, 1.82) is 0 Å². The Morgan fingerprint density at radius 2 is 1.64 bits per heavy atom. The van der Waals surface area contributed by atoms with Crippen molar-refractivity contribution in [2.24, 2.45) is 0 Å². The van der Waals surface area contributed by atoms with E-state index in [0.717, 1.165) is 29.0 Å². The molecule has 0 saturated carbocycles. The standard InChI is InChI=1S/C22H22N2O9/c1-4-32-21(30)16(22(31)33-5-2)8-6-7-14-12(3)23-24(18(14)25)17-11-13(19(26)27)9-10-15(17)20(28)29/h6-11,23H,4-5H2,1-3H3,(H,26,27)(H,28,29)/b7-6+. The molecule has 3 N–H and O–H groups in total. The fourth-order valence-electron chi connectivity index (χ4n) is 2.83. The van der Waals surface area contributed by atoms with Crippen LogP contribution < -0.4 is 5.56 Å². The smallest absolute Gasteiger partial charge is 0.345 e. The van der Waals surface area contributed by atoms with Gasteiger partial charge in [-0.25, -0.2) is 23.9 Å². The molecular weight excluding hydrogens is 436 g/mol. The summed E-state index contributed by atoms with van der Waals surface area (Å²) in [7, 11) is 0. The SMILES string of the molecule is CCOC(=O)C(=C/C=C/c1c(C)[nH]n(-c2cc(C(=O)O)ccc2C(=O)O)c1=O)C(=O)OCC. The van der Waals surface area contributed by atoms with Crippen LogP contribution in [-0.4, -0.2) is 57.1 Å². The van der Waals surface area contributed by atoms with Gasteiger partial charge in [-0.15, -0.1) is 0 Å². The summed E-state index contributed by atoms with van der Waals surface area (Å²) in [4.78, 5) is 59.8. The Bertz CT molecular complexity index is 1190. The zero-order chi connectivity index (χ0) is 24.7. The minimum Gasteiger partial charge on any atom is -0.478 e. The zero-order valence-corrected chi connectivity index (χ0v) is 18.1. The topological polar surface area (TPSA) is 165 Å². The normalized spacial score (nSPS) is 10.6. The number of aromatic carboxylic acids is 2. The van der Waals surface area contributed by atoms with Gasteiger partial charge in [-0.3, -0.25) is 9.89 Å². The first-order valence-corrected chi connectivity index (χ1v) is 9.77. The van der Waals surface area contributed by atoms with Crippen molar-refractivity contribution in [1.82, 2.24) is 9.78 Å². The highest BCUT2D eigenvalue weighted by molar-refractivity contribution is 6.14. The van der Waals surface area contributed by atoms with Crippen LogP contribution >= 0.6 is 0 Å². The molecule has 33 heavy (non-hydrogen) atoms. The molecule has 0 spiro atoms. The van der Waals surface area contributed by atoms with Crippen molar-refractivity contribution in [3.05, 3.63) is 68.7 Å². The maximum absolute atomic E-state index is 12.9. The molecule has 0 aliphatic heterocycles. The molecule has 0 radical (unpaired) electrons. The van der Waals surface area contributed by atoms with Crippen LogP contribution in [0.15, 0.2) is 40.7 Å². The number of nitrogens with one attached hydrogen (secondary N) is 1. The molecule has 0 aliphatic carbocycles. The Morgan fingerprint density at radius 1 is 1.03 bits per heavy atom. The van der Waals surface area contributed by atoms with E-state index in [1.54, 1.807) is 20.8 Å². The number of aromatic nitrogens is 2. The number of carbonyl (C=O) groups excluding carboxylic acids is 2. The third kappa shape index (κ3) is 5.64. The Morgan fingerprint density at radius 3 is 2.15 bits per heavy atom. The lowest BCUT2D eigenvalue weighted by molar-refractivity contribution is -0.146. The first kappa shape index (κ1) is 24.9. The second-order valence-electron chi connectivity index (χ2n) is 6.51. The summed E-state index contributed by atoms with van der Waals surface area (Å²) in [5, 5.41) is 21.3. The van der Waals surface area contributed by atoms with Gasteiger partial charge >= 0.3 is 23.9 Å². The number of rotatable bonds is 9. The van der Waals surface area contributed by atoms with Crippen molar-refractivity contribution >= 4 is 30.0 Å². The molecule has 0 atom stereocenters. The van der Waals surface area contributed by atoms with Crippen LogP contribution in [0, 0.1) is 6.92 Å². The van der Waals surface area contributed by atoms with Gasteiger partial charge in [0.2, 0.25) is 0 Å². The number of aryl methyl sites for hydroxylation is 1. The highest BCUT2D eigenvalue weighted by Crippen LogP contribution is 2.17. The molecule has 1 heterocycles. The van der Waals surface area contributed by atoms with Gasteiger partial charge in [0.15, 0.2) is 0 Å². The third-order valence-electron chi connectivity index (χ3n) is 4.35. The summed E-state index contributed by atoms with van der Waals surface area (Å²) >= 11 is 0. The van der Waals surface area contributed by atoms with Gasteiger partial charge in [-0.1, -0.05) is 6.08 Å². The van der Waals surface area contributed by atoms with Crippen LogP contribution in [0.2, 0.25) is 0 Å². The lowest BCUT2D eigenvalue weighted by atomic mass is 10.1. The largest absolute Gasteiger partial charge is 0.478 e. The molecular formula is C22H22N2O9. The minimum absolute atomic E-state index is 0.0439. The number of hydrogen-bond donors (Lipinski definition) is 3. The number of carboxylic acids is 2. The van der Waals surface area contributed by atoms with Crippen molar-refractivity contribution < 1.29 is 38.9 Å². The monoisotopic (exact) mass is 458 g/mol. The first-order valence-electron chi connectivity index (χ1n) is 9.77. The summed E-state index contributed by atoms with van der Waals surface area (Å²) in [6.45, 7) is 4.78. The van der Waals surface area contributed by atoms with Crippen molar-refractivity contribution in [3.8, 4) is 5.69 Å². The molecule has 1 aromatic carbocycles.